The number of benzene rings is 2. The van der Waals surface area contributed by atoms with Gasteiger partial charge in [0.15, 0.2) is 0 Å². The Labute approximate surface area is 136 Å². The van der Waals surface area contributed by atoms with Crippen LogP contribution < -0.4 is 0 Å². The zero-order valence-corrected chi connectivity index (χ0v) is 13.4. The predicted molar refractivity (Wildman–Crippen MR) is 89.2 cm³/mol. The molecule has 3 aromatic rings. The molecule has 0 fully saturated rings. The molecule has 0 aliphatic carbocycles. The lowest BCUT2D eigenvalue weighted by Gasteiger charge is -2.10. The fourth-order valence-electron chi connectivity index (χ4n) is 2.42. The highest BCUT2D eigenvalue weighted by atomic mass is 79.9. The minimum absolute atomic E-state index is 0.207. The number of alkyl halides is 1. The Kier molecular flexibility index (Phi) is 3.91. The number of fused-ring (bicyclic) bond motifs is 1. The Bertz CT molecular complexity index is 880. The number of halogens is 2. The van der Waals surface area contributed by atoms with Crippen molar-refractivity contribution in [2.24, 2.45) is 0 Å². The molecule has 0 spiro atoms. The summed E-state index contributed by atoms with van der Waals surface area (Å²) < 4.78 is 13.1. The van der Waals surface area contributed by atoms with Gasteiger partial charge in [0.2, 0.25) is 0 Å². The van der Waals surface area contributed by atoms with Crippen LogP contribution in [0.1, 0.15) is 23.0 Å². The summed E-state index contributed by atoms with van der Waals surface area (Å²) in [4.78, 5) is 4.59. The Morgan fingerprint density at radius 1 is 1.14 bits per heavy atom. The molecule has 1 heterocycles. The molecule has 2 nitrogen and oxygen atoms in total. The van der Waals surface area contributed by atoms with Crippen molar-refractivity contribution >= 4 is 26.8 Å². The van der Waals surface area contributed by atoms with E-state index in [1.54, 1.807) is 18.2 Å². The van der Waals surface area contributed by atoms with E-state index >= 15 is 0 Å². The van der Waals surface area contributed by atoms with Crippen LogP contribution in [0.15, 0.2) is 48.5 Å². The van der Waals surface area contributed by atoms with E-state index in [0.29, 0.717) is 5.69 Å². The van der Waals surface area contributed by atoms with Crippen LogP contribution in [-0.4, -0.2) is 4.98 Å². The lowest BCUT2D eigenvalue weighted by atomic mass is 9.98. The number of pyridine rings is 1. The normalized spacial score (nSPS) is 12.1. The highest BCUT2D eigenvalue weighted by molar-refractivity contribution is 9.09. The van der Waals surface area contributed by atoms with E-state index in [9.17, 15) is 9.65 Å². The van der Waals surface area contributed by atoms with Gasteiger partial charge in [0.05, 0.1) is 5.52 Å². The van der Waals surface area contributed by atoms with Crippen molar-refractivity contribution in [1.29, 1.82) is 5.26 Å². The third-order valence-corrected chi connectivity index (χ3v) is 4.09. The van der Waals surface area contributed by atoms with Crippen molar-refractivity contribution in [3.8, 4) is 17.2 Å². The quantitative estimate of drug-likeness (QED) is 0.580. The standard InChI is InChI=1S/C18H12BrFN2/c1-11(19)13-4-7-16-17(12-2-5-14(20)6-3-12)9-15(10-21)22-18(16)8-13/h2-9,11H,1H3. The minimum atomic E-state index is -0.280. The molecule has 0 bridgehead atoms. The van der Waals surface area contributed by atoms with Crippen molar-refractivity contribution in [2.75, 3.05) is 0 Å². The van der Waals surface area contributed by atoms with Gasteiger partial charge < -0.3 is 0 Å². The van der Waals surface area contributed by atoms with Gasteiger partial charge in [0.1, 0.15) is 17.6 Å². The van der Waals surface area contributed by atoms with Gasteiger partial charge in [0, 0.05) is 10.2 Å². The molecule has 3 rings (SSSR count). The van der Waals surface area contributed by atoms with E-state index in [1.807, 2.05) is 25.1 Å². The number of nitriles is 1. The van der Waals surface area contributed by atoms with Crippen molar-refractivity contribution in [2.45, 2.75) is 11.8 Å². The highest BCUT2D eigenvalue weighted by Crippen LogP contribution is 2.31. The van der Waals surface area contributed by atoms with Crippen molar-refractivity contribution in [1.82, 2.24) is 4.98 Å². The summed E-state index contributed by atoms with van der Waals surface area (Å²) >= 11 is 3.54. The Morgan fingerprint density at radius 3 is 2.50 bits per heavy atom. The van der Waals surface area contributed by atoms with Gasteiger partial charge in [-0.25, -0.2) is 9.37 Å². The van der Waals surface area contributed by atoms with Crippen LogP contribution in [0.2, 0.25) is 0 Å². The summed E-state index contributed by atoms with van der Waals surface area (Å²) in [7, 11) is 0. The maximum absolute atomic E-state index is 13.1. The van der Waals surface area contributed by atoms with Gasteiger partial charge >= 0.3 is 0 Å². The van der Waals surface area contributed by atoms with Gasteiger partial charge in [-0.3, -0.25) is 0 Å². The Morgan fingerprint density at radius 2 is 1.86 bits per heavy atom. The topological polar surface area (TPSA) is 36.7 Å². The maximum atomic E-state index is 13.1. The summed E-state index contributed by atoms with van der Waals surface area (Å²) in [5.74, 6) is -0.280. The van der Waals surface area contributed by atoms with Gasteiger partial charge in [-0.2, -0.15) is 5.26 Å². The molecule has 108 valence electrons. The average molecular weight is 355 g/mol. The highest BCUT2D eigenvalue weighted by Gasteiger charge is 2.10. The number of hydrogen-bond donors (Lipinski definition) is 0. The maximum Gasteiger partial charge on any atom is 0.141 e. The van der Waals surface area contributed by atoms with Crippen LogP contribution in [0.25, 0.3) is 22.0 Å². The molecule has 2 aromatic carbocycles. The molecule has 0 N–H and O–H groups in total. The third-order valence-electron chi connectivity index (χ3n) is 3.56. The molecule has 1 unspecified atom stereocenters. The SMILES string of the molecule is CC(Br)c1ccc2c(-c3ccc(F)cc3)cc(C#N)nc2c1. The first-order chi connectivity index (χ1) is 10.6. The monoisotopic (exact) mass is 354 g/mol. The van der Waals surface area contributed by atoms with Crippen LogP contribution in [0, 0.1) is 17.1 Å². The molecule has 4 heteroatoms. The first-order valence-electron chi connectivity index (χ1n) is 6.83. The summed E-state index contributed by atoms with van der Waals surface area (Å²) in [6, 6.07) is 16.1. The molecule has 0 saturated heterocycles. The fraction of sp³-hybridized carbons (Fsp3) is 0.111. The van der Waals surface area contributed by atoms with Gasteiger partial charge in [0.25, 0.3) is 0 Å². The number of rotatable bonds is 2. The second-order valence-electron chi connectivity index (χ2n) is 5.07. The van der Waals surface area contributed by atoms with E-state index in [1.165, 1.54) is 12.1 Å². The van der Waals surface area contributed by atoms with Crippen LogP contribution in [0.4, 0.5) is 4.39 Å². The first kappa shape index (κ1) is 14.7. The van der Waals surface area contributed by atoms with E-state index in [0.717, 1.165) is 27.6 Å². The average Bonchev–Trinajstić information content (AvgIpc) is 2.54. The van der Waals surface area contributed by atoms with E-state index in [-0.39, 0.29) is 10.6 Å². The summed E-state index contributed by atoms with van der Waals surface area (Å²) in [5, 5.41) is 10.2. The Hall–Kier alpha value is -2.25. The zero-order valence-electron chi connectivity index (χ0n) is 11.8. The van der Waals surface area contributed by atoms with Gasteiger partial charge in [-0.05, 0) is 47.9 Å². The van der Waals surface area contributed by atoms with E-state index < -0.39 is 0 Å². The summed E-state index contributed by atoms with van der Waals surface area (Å²) in [6.07, 6.45) is 0. The van der Waals surface area contributed by atoms with Gasteiger partial charge in [-0.1, -0.05) is 40.2 Å². The molecule has 0 saturated carbocycles. The molecular weight excluding hydrogens is 343 g/mol. The first-order valence-corrected chi connectivity index (χ1v) is 7.75. The lowest BCUT2D eigenvalue weighted by Crippen LogP contribution is -1.92. The second kappa shape index (κ2) is 5.86. The van der Waals surface area contributed by atoms with Crippen LogP contribution in [0.3, 0.4) is 0 Å². The van der Waals surface area contributed by atoms with Crippen LogP contribution in [0.5, 0.6) is 0 Å². The van der Waals surface area contributed by atoms with Crippen LogP contribution >= 0.6 is 15.9 Å². The van der Waals surface area contributed by atoms with Crippen molar-refractivity contribution < 1.29 is 4.39 Å². The summed E-state index contributed by atoms with van der Waals surface area (Å²) in [6.45, 7) is 2.04. The largest absolute Gasteiger partial charge is 0.237 e. The third kappa shape index (κ3) is 2.72. The van der Waals surface area contributed by atoms with Crippen molar-refractivity contribution in [3.63, 3.8) is 0 Å². The number of nitrogens with zero attached hydrogens (tertiary/aromatic N) is 2. The van der Waals surface area contributed by atoms with E-state index in [4.69, 9.17) is 0 Å². The molecule has 0 aliphatic rings. The zero-order chi connectivity index (χ0) is 15.7. The molecule has 1 aromatic heterocycles. The van der Waals surface area contributed by atoms with Crippen molar-refractivity contribution in [3.05, 3.63) is 65.6 Å². The molecule has 0 amide bonds. The molecule has 0 aliphatic heterocycles. The second-order valence-corrected chi connectivity index (χ2v) is 6.44. The molecule has 22 heavy (non-hydrogen) atoms. The van der Waals surface area contributed by atoms with E-state index in [2.05, 4.69) is 27.0 Å². The molecule has 1 atom stereocenters. The lowest BCUT2D eigenvalue weighted by molar-refractivity contribution is 0.628. The van der Waals surface area contributed by atoms with Crippen LogP contribution in [-0.2, 0) is 0 Å². The fourth-order valence-corrected chi connectivity index (χ4v) is 2.70. The smallest absolute Gasteiger partial charge is 0.141 e. The Balaban J connectivity index is 2.29. The molecular formula is C18H12BrFN2. The minimum Gasteiger partial charge on any atom is -0.237 e. The number of hydrogen-bond acceptors (Lipinski definition) is 2. The predicted octanol–water partition coefficient (Wildman–Crippen LogP) is 5.37. The molecule has 0 radical (unpaired) electrons. The van der Waals surface area contributed by atoms with Gasteiger partial charge in [-0.15, -0.1) is 0 Å². The number of aromatic nitrogens is 1. The summed E-state index contributed by atoms with van der Waals surface area (Å²) in [5.41, 5.74) is 3.97.